The highest BCUT2D eigenvalue weighted by molar-refractivity contribution is 5.94. The van der Waals surface area contributed by atoms with Gasteiger partial charge in [0.15, 0.2) is 5.60 Å². The second kappa shape index (κ2) is 8.38. The first-order valence-electron chi connectivity index (χ1n) is 9.54. The summed E-state index contributed by atoms with van der Waals surface area (Å²) < 4.78 is 46.5. The van der Waals surface area contributed by atoms with Crippen molar-refractivity contribution in [3.8, 4) is 5.75 Å². The van der Waals surface area contributed by atoms with Gasteiger partial charge in [-0.15, -0.1) is 0 Å². The van der Waals surface area contributed by atoms with Crippen LogP contribution in [0.3, 0.4) is 0 Å². The highest BCUT2D eigenvalue weighted by Gasteiger charge is 2.31. The number of carboxylic acids is 1. The zero-order valence-corrected chi connectivity index (χ0v) is 16.6. The summed E-state index contributed by atoms with van der Waals surface area (Å²) >= 11 is 0. The molecule has 0 radical (unpaired) electrons. The smallest absolute Gasteiger partial charge is 0.347 e. The number of piperidine rings is 1. The number of likely N-dealkylation sites (tertiary alicyclic amines) is 1. The average molecular weight is 421 g/mol. The molecule has 1 amide bonds. The molecule has 30 heavy (non-hydrogen) atoms. The van der Waals surface area contributed by atoms with E-state index in [1.54, 1.807) is 18.2 Å². The van der Waals surface area contributed by atoms with Crippen molar-refractivity contribution in [2.45, 2.75) is 38.2 Å². The minimum Gasteiger partial charge on any atom is -0.478 e. The molecule has 0 unspecified atom stereocenters. The Morgan fingerprint density at radius 3 is 2.23 bits per heavy atom. The van der Waals surface area contributed by atoms with Gasteiger partial charge in [-0.2, -0.15) is 0 Å². The van der Waals surface area contributed by atoms with Crippen LogP contribution in [0.2, 0.25) is 0 Å². The fraction of sp³-hybridized carbons (Fsp3) is 0.364. The van der Waals surface area contributed by atoms with Gasteiger partial charge in [0.25, 0.3) is 5.91 Å². The SMILES string of the molecule is CC(C)(Oc1cccc(C2CCN(C(=O)c3c(F)cc(F)cc3F)CC2)c1)C(=O)O. The lowest BCUT2D eigenvalue weighted by atomic mass is 9.89. The van der Waals surface area contributed by atoms with Gasteiger partial charge in [0.2, 0.25) is 0 Å². The Hall–Kier alpha value is -3.03. The molecule has 1 fully saturated rings. The maximum Gasteiger partial charge on any atom is 0.347 e. The Morgan fingerprint density at radius 1 is 1.07 bits per heavy atom. The summed E-state index contributed by atoms with van der Waals surface area (Å²) in [4.78, 5) is 25.1. The number of carbonyl (C=O) groups is 2. The van der Waals surface area contributed by atoms with Gasteiger partial charge in [-0.3, -0.25) is 4.79 Å². The van der Waals surface area contributed by atoms with Crippen LogP contribution in [0.5, 0.6) is 5.75 Å². The van der Waals surface area contributed by atoms with Crippen LogP contribution in [-0.4, -0.2) is 40.6 Å². The predicted octanol–water partition coefficient (Wildman–Crippen LogP) is 4.37. The molecular weight excluding hydrogens is 399 g/mol. The molecule has 2 aromatic carbocycles. The van der Waals surface area contributed by atoms with E-state index in [4.69, 9.17) is 4.74 Å². The lowest BCUT2D eigenvalue weighted by Gasteiger charge is -2.32. The molecule has 8 heteroatoms. The van der Waals surface area contributed by atoms with Gasteiger partial charge >= 0.3 is 5.97 Å². The minimum absolute atomic E-state index is 0.0773. The molecule has 1 heterocycles. The van der Waals surface area contributed by atoms with E-state index in [1.165, 1.54) is 18.7 Å². The van der Waals surface area contributed by atoms with Gasteiger partial charge in [0.1, 0.15) is 28.8 Å². The Morgan fingerprint density at radius 2 is 1.67 bits per heavy atom. The lowest BCUT2D eigenvalue weighted by Crippen LogP contribution is -2.39. The van der Waals surface area contributed by atoms with Crippen molar-refractivity contribution in [1.29, 1.82) is 0 Å². The van der Waals surface area contributed by atoms with Crippen LogP contribution in [0, 0.1) is 17.5 Å². The monoisotopic (exact) mass is 421 g/mol. The van der Waals surface area contributed by atoms with E-state index in [0.717, 1.165) is 5.56 Å². The third-order valence-corrected chi connectivity index (χ3v) is 5.22. The Labute approximate surface area is 172 Å². The summed E-state index contributed by atoms with van der Waals surface area (Å²) in [6.07, 6.45) is 1.11. The van der Waals surface area contributed by atoms with Crippen molar-refractivity contribution < 1.29 is 32.6 Å². The summed E-state index contributed by atoms with van der Waals surface area (Å²) in [5.74, 6) is -4.89. The van der Waals surface area contributed by atoms with Crippen LogP contribution in [-0.2, 0) is 4.79 Å². The molecule has 160 valence electrons. The molecule has 0 atom stereocenters. The maximum atomic E-state index is 13.9. The van der Waals surface area contributed by atoms with Gasteiger partial charge in [-0.25, -0.2) is 18.0 Å². The van der Waals surface area contributed by atoms with Crippen LogP contribution in [0.15, 0.2) is 36.4 Å². The second-order valence-corrected chi connectivity index (χ2v) is 7.80. The van der Waals surface area contributed by atoms with E-state index in [0.29, 0.717) is 30.7 Å². The molecular formula is C22H22F3NO4. The standard InChI is InChI=1S/C22H22F3NO4/c1-22(2,21(28)29)30-16-5-3-4-14(10-16)13-6-8-26(9-7-13)20(27)19-17(24)11-15(23)12-18(19)25/h3-5,10-13H,6-9H2,1-2H3,(H,28,29). The van der Waals surface area contributed by atoms with Crippen molar-refractivity contribution in [1.82, 2.24) is 4.90 Å². The fourth-order valence-corrected chi connectivity index (χ4v) is 3.49. The number of amides is 1. The normalized spacial score (nSPS) is 15.2. The molecule has 1 aliphatic rings. The van der Waals surface area contributed by atoms with Gasteiger partial charge in [-0.1, -0.05) is 12.1 Å². The van der Waals surface area contributed by atoms with E-state index < -0.39 is 40.5 Å². The summed E-state index contributed by atoms with van der Waals surface area (Å²) in [7, 11) is 0. The van der Waals surface area contributed by atoms with E-state index in [9.17, 15) is 27.9 Å². The summed E-state index contributed by atoms with van der Waals surface area (Å²) in [5, 5.41) is 9.21. The molecule has 1 N–H and O–H groups in total. The number of rotatable bonds is 5. The van der Waals surface area contributed by atoms with E-state index >= 15 is 0 Å². The molecule has 0 bridgehead atoms. The van der Waals surface area contributed by atoms with Crippen molar-refractivity contribution >= 4 is 11.9 Å². The van der Waals surface area contributed by atoms with Crippen molar-refractivity contribution in [3.63, 3.8) is 0 Å². The zero-order valence-electron chi connectivity index (χ0n) is 16.6. The van der Waals surface area contributed by atoms with Crippen molar-refractivity contribution in [2.75, 3.05) is 13.1 Å². The first-order valence-corrected chi connectivity index (χ1v) is 9.54. The number of aliphatic carboxylic acids is 1. The number of hydrogen-bond donors (Lipinski definition) is 1. The number of halogens is 3. The molecule has 5 nitrogen and oxygen atoms in total. The number of carboxylic acid groups (broad SMARTS) is 1. The lowest BCUT2D eigenvalue weighted by molar-refractivity contribution is -0.152. The Kier molecular flexibility index (Phi) is 6.05. The molecule has 0 spiro atoms. The van der Waals surface area contributed by atoms with E-state index in [1.807, 2.05) is 6.07 Å². The van der Waals surface area contributed by atoms with Gasteiger partial charge in [0.05, 0.1) is 0 Å². The quantitative estimate of drug-likeness (QED) is 0.779. The fourth-order valence-electron chi connectivity index (χ4n) is 3.49. The van der Waals surface area contributed by atoms with Crippen LogP contribution in [0.1, 0.15) is 48.5 Å². The molecule has 1 saturated heterocycles. The van der Waals surface area contributed by atoms with Crippen LogP contribution in [0.4, 0.5) is 13.2 Å². The van der Waals surface area contributed by atoms with Crippen LogP contribution < -0.4 is 4.74 Å². The molecule has 0 aromatic heterocycles. The van der Waals surface area contributed by atoms with E-state index in [2.05, 4.69) is 0 Å². The predicted molar refractivity (Wildman–Crippen MR) is 103 cm³/mol. The van der Waals surface area contributed by atoms with Crippen LogP contribution in [0.25, 0.3) is 0 Å². The maximum absolute atomic E-state index is 13.9. The zero-order chi connectivity index (χ0) is 22.1. The summed E-state index contributed by atoms with van der Waals surface area (Å²) in [6, 6.07) is 8.09. The number of carbonyl (C=O) groups excluding carboxylic acids is 1. The third kappa shape index (κ3) is 4.58. The van der Waals surface area contributed by atoms with Crippen LogP contribution >= 0.6 is 0 Å². The number of nitrogens with zero attached hydrogens (tertiary/aromatic N) is 1. The molecule has 3 rings (SSSR count). The Balaban J connectivity index is 1.68. The van der Waals surface area contributed by atoms with Gasteiger partial charge in [0, 0.05) is 25.2 Å². The number of hydrogen-bond acceptors (Lipinski definition) is 3. The second-order valence-electron chi connectivity index (χ2n) is 7.80. The first kappa shape index (κ1) is 21.7. The minimum atomic E-state index is -1.38. The van der Waals surface area contributed by atoms with E-state index in [-0.39, 0.29) is 19.0 Å². The largest absolute Gasteiger partial charge is 0.478 e. The molecule has 2 aromatic rings. The topological polar surface area (TPSA) is 66.8 Å². The Bertz CT molecular complexity index is 946. The van der Waals surface area contributed by atoms with Gasteiger partial charge < -0.3 is 14.7 Å². The third-order valence-electron chi connectivity index (χ3n) is 5.22. The molecule has 0 saturated carbocycles. The highest BCUT2D eigenvalue weighted by Crippen LogP contribution is 2.32. The average Bonchev–Trinajstić information content (AvgIpc) is 2.67. The van der Waals surface area contributed by atoms with Crippen molar-refractivity contribution in [2.24, 2.45) is 0 Å². The summed E-state index contributed by atoms with van der Waals surface area (Å²) in [5.41, 5.74) is -1.20. The molecule has 1 aliphatic heterocycles. The molecule has 0 aliphatic carbocycles. The summed E-state index contributed by atoms with van der Waals surface area (Å²) in [6.45, 7) is 3.48. The highest BCUT2D eigenvalue weighted by atomic mass is 19.1. The number of benzene rings is 2. The van der Waals surface area contributed by atoms with Gasteiger partial charge in [-0.05, 0) is 50.3 Å². The van der Waals surface area contributed by atoms with Crippen molar-refractivity contribution in [3.05, 3.63) is 65.0 Å². The first-order chi connectivity index (χ1) is 14.1. The number of ether oxygens (including phenoxy) is 1.